The monoisotopic (exact) mass is 131 g/mol. The van der Waals surface area contributed by atoms with Crippen molar-refractivity contribution < 1.29 is 13.6 Å². The molecule has 1 heterocycles. The van der Waals surface area contributed by atoms with Crippen LogP contribution in [0.3, 0.4) is 0 Å². The van der Waals surface area contributed by atoms with E-state index in [2.05, 4.69) is 4.99 Å². The lowest BCUT2D eigenvalue weighted by atomic mass is 10.6. The summed E-state index contributed by atoms with van der Waals surface area (Å²) in [5, 5.41) is 0. The summed E-state index contributed by atoms with van der Waals surface area (Å²) in [7, 11) is 0. The minimum Gasteiger partial charge on any atom is -0.276 e. The van der Waals surface area contributed by atoms with Crippen LogP contribution in [-0.2, 0) is 4.79 Å². The van der Waals surface area contributed by atoms with Crippen LogP contribution in [0.4, 0.5) is 8.78 Å². The largest absolute Gasteiger partial charge is 0.317 e. The number of hydrogen-bond acceptors (Lipinski definition) is 2. The molecule has 0 aromatic heterocycles. The predicted octanol–water partition coefficient (Wildman–Crippen LogP) is -0.00471. The first-order valence-corrected chi connectivity index (χ1v) is 2.04. The molecule has 0 aromatic rings. The zero-order valence-corrected chi connectivity index (χ0v) is 4.14. The summed E-state index contributed by atoms with van der Waals surface area (Å²) in [6.45, 7) is -1.06. The standard InChI is InChI=1S/C4HF2N2O/c5-4(6)8-1-3(9)7-2-8/h4H. The fraction of sp³-hybridized carbons (Fsp3) is 0.250. The lowest BCUT2D eigenvalue weighted by molar-refractivity contribution is -0.116. The van der Waals surface area contributed by atoms with Gasteiger partial charge in [-0.3, -0.25) is 9.69 Å². The number of amides is 1. The molecule has 5 heteroatoms. The molecule has 0 bridgehead atoms. The van der Waals surface area contributed by atoms with Gasteiger partial charge in [0.15, 0.2) is 12.9 Å². The number of aliphatic imine (C=N–C) groups is 1. The van der Waals surface area contributed by atoms with E-state index < -0.39 is 12.5 Å². The lowest BCUT2D eigenvalue weighted by Crippen LogP contribution is -2.22. The molecular formula is C4HF2N2O. The number of hydrogen-bond donors (Lipinski definition) is 0. The van der Waals surface area contributed by atoms with Crippen LogP contribution in [0, 0.1) is 6.54 Å². The summed E-state index contributed by atoms with van der Waals surface area (Å²) >= 11 is 0. The first kappa shape index (κ1) is 6.12. The van der Waals surface area contributed by atoms with Gasteiger partial charge in [0.1, 0.15) is 0 Å². The van der Waals surface area contributed by atoms with E-state index in [0.717, 1.165) is 0 Å². The Kier molecular flexibility index (Phi) is 1.42. The smallest absolute Gasteiger partial charge is 0.276 e. The Morgan fingerprint density at radius 1 is 1.67 bits per heavy atom. The minimum absolute atomic E-state index is 0.197. The van der Waals surface area contributed by atoms with Crippen LogP contribution < -0.4 is 0 Å². The summed E-state index contributed by atoms with van der Waals surface area (Å²) < 4.78 is 23.0. The third kappa shape index (κ3) is 1.22. The van der Waals surface area contributed by atoms with Crippen molar-refractivity contribution >= 4 is 12.2 Å². The van der Waals surface area contributed by atoms with Gasteiger partial charge in [-0.25, -0.2) is 0 Å². The number of carbonyl (C=O) groups excluding carboxylic acids is 1. The van der Waals surface area contributed by atoms with Crippen LogP contribution in [0.1, 0.15) is 0 Å². The molecule has 9 heavy (non-hydrogen) atoms. The fourth-order valence-electron chi connectivity index (χ4n) is 0.345. The fourth-order valence-corrected chi connectivity index (χ4v) is 0.345. The van der Waals surface area contributed by atoms with Gasteiger partial charge in [0, 0.05) is 0 Å². The normalized spacial score (nSPS) is 18.1. The molecule has 1 aliphatic rings. The molecule has 47 valence electrons. The molecule has 0 spiro atoms. The molecule has 0 saturated heterocycles. The molecule has 0 saturated carbocycles. The summed E-state index contributed by atoms with van der Waals surface area (Å²) in [5.41, 5.74) is 0. The van der Waals surface area contributed by atoms with Crippen LogP contribution in [0.25, 0.3) is 0 Å². The van der Waals surface area contributed by atoms with Gasteiger partial charge in [-0.15, -0.1) is 0 Å². The van der Waals surface area contributed by atoms with Gasteiger partial charge < -0.3 is 0 Å². The van der Waals surface area contributed by atoms with Gasteiger partial charge in [0.25, 0.3) is 5.91 Å². The van der Waals surface area contributed by atoms with E-state index in [1.54, 1.807) is 12.9 Å². The highest BCUT2D eigenvalue weighted by molar-refractivity contribution is 5.97. The Bertz CT molecular complexity index is 157. The van der Waals surface area contributed by atoms with Crippen LogP contribution in [0.2, 0.25) is 0 Å². The van der Waals surface area contributed by atoms with Crippen molar-refractivity contribution in [2.24, 2.45) is 4.99 Å². The Morgan fingerprint density at radius 3 is 2.56 bits per heavy atom. The van der Waals surface area contributed by atoms with E-state index in [0.29, 0.717) is 0 Å². The van der Waals surface area contributed by atoms with Crippen molar-refractivity contribution in [1.82, 2.24) is 4.90 Å². The first-order valence-electron chi connectivity index (χ1n) is 2.04. The van der Waals surface area contributed by atoms with Gasteiger partial charge in [0.2, 0.25) is 0 Å². The predicted molar refractivity (Wildman–Crippen MR) is 23.5 cm³/mol. The zero-order chi connectivity index (χ0) is 6.85. The van der Waals surface area contributed by atoms with Crippen LogP contribution in [0.15, 0.2) is 4.99 Å². The maximum atomic E-state index is 11.5. The summed E-state index contributed by atoms with van der Waals surface area (Å²) in [6, 6.07) is 0. The number of rotatable bonds is 1. The average molecular weight is 131 g/mol. The summed E-state index contributed by atoms with van der Waals surface area (Å²) in [4.78, 5) is 13.1. The van der Waals surface area contributed by atoms with Gasteiger partial charge in [-0.05, 0) is 0 Å². The molecule has 0 N–H and O–H groups in total. The molecule has 0 unspecified atom stereocenters. The summed E-state index contributed by atoms with van der Waals surface area (Å²) in [6.07, 6.45) is 1.75. The molecular weight excluding hydrogens is 130 g/mol. The van der Waals surface area contributed by atoms with Crippen molar-refractivity contribution in [2.45, 2.75) is 6.55 Å². The molecule has 0 aromatic carbocycles. The van der Waals surface area contributed by atoms with Gasteiger partial charge >= 0.3 is 6.55 Å². The molecule has 0 atom stereocenters. The quantitative estimate of drug-likeness (QED) is 0.469. The van der Waals surface area contributed by atoms with Crippen molar-refractivity contribution in [3.63, 3.8) is 0 Å². The number of halogens is 2. The van der Waals surface area contributed by atoms with Crippen LogP contribution >= 0.6 is 0 Å². The van der Waals surface area contributed by atoms with Crippen LogP contribution in [-0.4, -0.2) is 23.7 Å². The SMILES string of the molecule is O=C1[C]N(C(F)F)[C]=N1. The highest BCUT2D eigenvalue weighted by Gasteiger charge is 2.23. The molecule has 0 aliphatic carbocycles. The van der Waals surface area contributed by atoms with Gasteiger partial charge in [-0.2, -0.15) is 13.8 Å². The van der Waals surface area contributed by atoms with Crippen molar-refractivity contribution in [3.05, 3.63) is 6.54 Å². The minimum atomic E-state index is -2.78. The lowest BCUT2D eigenvalue weighted by Gasteiger charge is -2.06. The molecule has 1 amide bonds. The van der Waals surface area contributed by atoms with Crippen molar-refractivity contribution in [3.8, 4) is 0 Å². The van der Waals surface area contributed by atoms with E-state index >= 15 is 0 Å². The Labute approximate surface area is 50.0 Å². The zero-order valence-electron chi connectivity index (χ0n) is 4.14. The Hall–Kier alpha value is -1.00. The van der Waals surface area contributed by atoms with E-state index in [4.69, 9.17) is 0 Å². The molecule has 1 aliphatic heterocycles. The molecule has 1 rings (SSSR count). The maximum Gasteiger partial charge on any atom is 0.317 e. The second-order valence-corrected chi connectivity index (χ2v) is 1.28. The highest BCUT2D eigenvalue weighted by Crippen LogP contribution is 2.07. The number of alkyl halides is 2. The third-order valence-electron chi connectivity index (χ3n) is 0.671. The molecule has 0 fully saturated rings. The van der Waals surface area contributed by atoms with E-state index in [1.165, 1.54) is 0 Å². The van der Waals surface area contributed by atoms with Crippen LogP contribution in [0.5, 0.6) is 0 Å². The van der Waals surface area contributed by atoms with Gasteiger partial charge in [0.05, 0.1) is 0 Å². The number of carbonyl (C=O) groups is 1. The third-order valence-corrected chi connectivity index (χ3v) is 0.671. The Balaban J connectivity index is 2.50. The maximum absolute atomic E-state index is 11.5. The average Bonchev–Trinajstić information content (AvgIpc) is 2.14. The van der Waals surface area contributed by atoms with Crippen molar-refractivity contribution in [1.29, 1.82) is 0 Å². The molecule has 3 radical (unpaired) electrons. The summed E-state index contributed by atoms with van der Waals surface area (Å²) in [5.74, 6) is -0.824. The first-order chi connectivity index (χ1) is 4.20. The second-order valence-electron chi connectivity index (χ2n) is 1.28. The topological polar surface area (TPSA) is 32.7 Å². The Morgan fingerprint density at radius 2 is 2.33 bits per heavy atom. The van der Waals surface area contributed by atoms with Gasteiger partial charge in [-0.1, -0.05) is 0 Å². The van der Waals surface area contributed by atoms with E-state index in [9.17, 15) is 13.6 Å². The number of nitrogens with zero attached hydrogens (tertiary/aromatic N) is 2. The van der Waals surface area contributed by atoms with Crippen molar-refractivity contribution in [2.75, 3.05) is 0 Å². The van der Waals surface area contributed by atoms with E-state index in [1.807, 2.05) is 0 Å². The second kappa shape index (κ2) is 2.08. The van der Waals surface area contributed by atoms with E-state index in [-0.39, 0.29) is 4.90 Å². The molecule has 3 nitrogen and oxygen atoms in total. The highest BCUT2D eigenvalue weighted by atomic mass is 19.3.